The molecule has 2 rings (SSSR count). The lowest BCUT2D eigenvalue weighted by molar-refractivity contribution is -0.289. The maximum Gasteiger partial charge on any atom is 0.331 e. The zero-order chi connectivity index (χ0) is 23.8. The van der Waals surface area contributed by atoms with Crippen LogP contribution in [0.2, 0.25) is 0 Å². The van der Waals surface area contributed by atoms with Crippen LogP contribution in [-0.2, 0) is 23.8 Å². The summed E-state index contributed by atoms with van der Waals surface area (Å²) in [7, 11) is 1.36. The van der Waals surface area contributed by atoms with E-state index in [1.807, 2.05) is 0 Å². The van der Waals surface area contributed by atoms with Crippen molar-refractivity contribution in [1.29, 1.82) is 0 Å². The number of carbonyl (C=O) groups excluding carboxylic acids is 2. The molecule has 0 bridgehead atoms. The van der Waals surface area contributed by atoms with E-state index in [2.05, 4.69) is 0 Å². The molecule has 0 saturated carbocycles. The Hall–Kier alpha value is -2.58. The van der Waals surface area contributed by atoms with Gasteiger partial charge in [-0.25, -0.2) is 4.79 Å². The maximum atomic E-state index is 12.2. The second-order valence-corrected chi connectivity index (χ2v) is 6.90. The number of methoxy groups -OCH3 is 1. The highest BCUT2D eigenvalue weighted by atomic mass is 16.7. The second-order valence-electron chi connectivity index (χ2n) is 6.90. The van der Waals surface area contributed by atoms with Gasteiger partial charge in [-0.05, 0) is 23.8 Å². The molecular formula is C20H26O12. The van der Waals surface area contributed by atoms with E-state index < -0.39 is 62.1 Å². The molecule has 1 saturated heterocycles. The van der Waals surface area contributed by atoms with Crippen LogP contribution in [0.5, 0.6) is 11.5 Å². The lowest BCUT2D eigenvalue weighted by atomic mass is 10.0. The van der Waals surface area contributed by atoms with E-state index >= 15 is 0 Å². The molecule has 0 aromatic heterocycles. The van der Waals surface area contributed by atoms with E-state index in [1.54, 1.807) is 0 Å². The number of aliphatic hydroxyl groups excluding tert-OH is 5. The van der Waals surface area contributed by atoms with Crippen LogP contribution in [0, 0.1) is 0 Å². The third-order valence-electron chi connectivity index (χ3n) is 4.64. The molecule has 1 aliphatic rings. The normalized spacial score (nSPS) is 26.3. The van der Waals surface area contributed by atoms with Gasteiger partial charge in [0.1, 0.15) is 30.5 Å². The van der Waals surface area contributed by atoms with Crippen molar-refractivity contribution < 1.29 is 59.2 Å². The number of aldehydes is 1. The molecule has 1 heterocycles. The molecule has 7 atom stereocenters. The minimum atomic E-state index is -1.81. The fourth-order valence-corrected chi connectivity index (χ4v) is 2.85. The van der Waals surface area contributed by atoms with Gasteiger partial charge in [0.2, 0.25) is 0 Å². The summed E-state index contributed by atoms with van der Waals surface area (Å²) in [5.41, 5.74) is 0.496. The van der Waals surface area contributed by atoms with Crippen molar-refractivity contribution in [2.24, 2.45) is 0 Å². The van der Waals surface area contributed by atoms with Crippen molar-refractivity contribution in [2.45, 2.75) is 42.9 Å². The van der Waals surface area contributed by atoms with E-state index in [4.69, 9.17) is 24.1 Å². The van der Waals surface area contributed by atoms with E-state index in [0.29, 0.717) is 5.56 Å². The van der Waals surface area contributed by atoms with Gasteiger partial charge in [-0.3, -0.25) is 0 Å². The third-order valence-corrected chi connectivity index (χ3v) is 4.64. The minimum absolute atomic E-state index is 0.0861. The minimum Gasteiger partial charge on any atom is -0.504 e. The highest BCUT2D eigenvalue weighted by Crippen LogP contribution is 2.27. The standard InChI is InChI=1S/C20H26O12/c1-29-14-6-10(2-4-11(14)23)3-5-16(26)32-19-13(25)9-30-20(18(19)28)31-15(8-22)17(27)12(24)7-21/h2-6,8,12-13,15,17-21,23-25,27-28H,7,9H2,1H3/b5-3+/t12-,13-,15-,17-,18+,19-,20-/m0/s1. The monoisotopic (exact) mass is 458 g/mol. The Kier molecular flexibility index (Phi) is 9.53. The summed E-state index contributed by atoms with van der Waals surface area (Å²) in [6.07, 6.45) is -8.90. The topological polar surface area (TPSA) is 192 Å². The van der Waals surface area contributed by atoms with Crippen LogP contribution in [0.3, 0.4) is 0 Å². The fourth-order valence-electron chi connectivity index (χ4n) is 2.85. The molecule has 0 radical (unpaired) electrons. The van der Waals surface area contributed by atoms with Crippen LogP contribution in [0.4, 0.5) is 0 Å². The van der Waals surface area contributed by atoms with Crippen LogP contribution < -0.4 is 4.74 Å². The average Bonchev–Trinajstić information content (AvgIpc) is 2.79. The molecule has 1 aromatic rings. The first-order valence-electron chi connectivity index (χ1n) is 9.53. The molecule has 1 aromatic carbocycles. The number of phenols is 1. The van der Waals surface area contributed by atoms with Gasteiger partial charge in [0.15, 0.2) is 30.2 Å². The first kappa shape index (κ1) is 25.7. The zero-order valence-electron chi connectivity index (χ0n) is 17.1. The second kappa shape index (κ2) is 11.9. The van der Waals surface area contributed by atoms with Gasteiger partial charge < -0.3 is 54.4 Å². The molecule has 6 N–H and O–H groups in total. The number of aromatic hydroxyl groups is 1. The summed E-state index contributed by atoms with van der Waals surface area (Å²) in [6, 6.07) is 4.34. The van der Waals surface area contributed by atoms with Crippen LogP contribution in [0.15, 0.2) is 24.3 Å². The number of phenolic OH excluding ortho intramolecular Hbond substituents is 1. The Labute approximate surface area is 182 Å². The Bertz CT molecular complexity index is 797. The molecule has 178 valence electrons. The van der Waals surface area contributed by atoms with Gasteiger partial charge in [0.05, 0.1) is 20.3 Å². The molecular weight excluding hydrogens is 432 g/mol. The summed E-state index contributed by atoms with van der Waals surface area (Å²) in [5.74, 6) is -0.825. The molecule has 0 spiro atoms. The number of hydrogen-bond acceptors (Lipinski definition) is 12. The lowest BCUT2D eigenvalue weighted by Crippen LogP contribution is -2.57. The number of esters is 1. The summed E-state index contributed by atoms with van der Waals surface area (Å²) < 4.78 is 20.3. The fraction of sp³-hybridized carbons (Fsp3) is 0.500. The lowest BCUT2D eigenvalue weighted by Gasteiger charge is -2.38. The van der Waals surface area contributed by atoms with Crippen LogP contribution in [0.25, 0.3) is 6.08 Å². The van der Waals surface area contributed by atoms with Crippen molar-refractivity contribution in [2.75, 3.05) is 20.3 Å². The molecule has 1 aliphatic heterocycles. The van der Waals surface area contributed by atoms with E-state index in [-0.39, 0.29) is 17.8 Å². The predicted octanol–water partition coefficient (Wildman–Crippen LogP) is -2.30. The summed E-state index contributed by atoms with van der Waals surface area (Å²) >= 11 is 0. The van der Waals surface area contributed by atoms with Gasteiger partial charge in [-0.2, -0.15) is 0 Å². The predicted molar refractivity (Wildman–Crippen MR) is 105 cm³/mol. The van der Waals surface area contributed by atoms with Crippen molar-refractivity contribution in [3.63, 3.8) is 0 Å². The SMILES string of the molecule is COc1cc(/C=C/C(=O)O[C@@H]2[C@@H](O)[C@H](O[C@@H](C=O)[C@@H](O)[C@@H](O)CO)OC[C@@H]2O)ccc1O. The van der Waals surface area contributed by atoms with E-state index in [1.165, 1.54) is 31.4 Å². The molecule has 1 fully saturated rings. The Balaban J connectivity index is 2.03. The Morgan fingerprint density at radius 2 is 2.03 bits per heavy atom. The van der Waals surface area contributed by atoms with Gasteiger partial charge in [-0.1, -0.05) is 6.07 Å². The zero-order valence-corrected chi connectivity index (χ0v) is 17.1. The molecule has 32 heavy (non-hydrogen) atoms. The summed E-state index contributed by atoms with van der Waals surface area (Å²) in [4.78, 5) is 23.3. The highest BCUT2D eigenvalue weighted by molar-refractivity contribution is 5.87. The molecule has 12 heteroatoms. The maximum absolute atomic E-state index is 12.2. The largest absolute Gasteiger partial charge is 0.504 e. The average molecular weight is 458 g/mol. The van der Waals surface area contributed by atoms with Gasteiger partial charge in [-0.15, -0.1) is 0 Å². The Morgan fingerprint density at radius 3 is 2.66 bits per heavy atom. The first-order chi connectivity index (χ1) is 15.2. The summed E-state index contributed by atoms with van der Waals surface area (Å²) in [5, 5.41) is 58.2. The molecule has 12 nitrogen and oxygen atoms in total. The number of carbonyl (C=O) groups is 2. The molecule has 0 amide bonds. The van der Waals surface area contributed by atoms with Crippen molar-refractivity contribution >= 4 is 18.3 Å². The number of benzene rings is 1. The quantitative estimate of drug-likeness (QED) is 0.125. The van der Waals surface area contributed by atoms with Gasteiger partial charge in [0, 0.05) is 6.08 Å². The number of rotatable bonds is 10. The third kappa shape index (κ3) is 6.46. The van der Waals surface area contributed by atoms with Crippen molar-refractivity contribution in [3.8, 4) is 11.5 Å². The van der Waals surface area contributed by atoms with Crippen molar-refractivity contribution in [1.82, 2.24) is 0 Å². The smallest absolute Gasteiger partial charge is 0.331 e. The van der Waals surface area contributed by atoms with E-state index in [9.17, 15) is 35.1 Å². The summed E-state index contributed by atoms with van der Waals surface area (Å²) in [6.45, 7) is -1.27. The molecule has 0 aliphatic carbocycles. The number of ether oxygens (including phenoxy) is 4. The first-order valence-corrected chi connectivity index (χ1v) is 9.53. The van der Waals surface area contributed by atoms with E-state index in [0.717, 1.165) is 6.08 Å². The number of aliphatic hydroxyl groups is 5. The van der Waals surface area contributed by atoms with Gasteiger partial charge >= 0.3 is 5.97 Å². The van der Waals surface area contributed by atoms with Crippen LogP contribution in [0.1, 0.15) is 5.56 Å². The Morgan fingerprint density at radius 1 is 1.31 bits per heavy atom. The van der Waals surface area contributed by atoms with Crippen LogP contribution >= 0.6 is 0 Å². The van der Waals surface area contributed by atoms with Crippen LogP contribution in [-0.4, -0.2) is 106 Å². The highest BCUT2D eigenvalue weighted by Gasteiger charge is 2.44. The molecule has 0 unspecified atom stereocenters. The number of hydrogen-bond donors (Lipinski definition) is 6. The van der Waals surface area contributed by atoms with Gasteiger partial charge in [0.25, 0.3) is 0 Å². The van der Waals surface area contributed by atoms with Crippen molar-refractivity contribution in [3.05, 3.63) is 29.8 Å².